The third-order valence-electron chi connectivity index (χ3n) is 4.86. The molecular formula is C18H29Cl2N3O. The van der Waals surface area contributed by atoms with Crippen molar-refractivity contribution >= 4 is 30.7 Å². The maximum atomic E-state index is 12.4. The predicted octanol–water partition coefficient (Wildman–Crippen LogP) is 2.60. The summed E-state index contributed by atoms with van der Waals surface area (Å²) in [5.74, 6) is 0.943. The minimum atomic E-state index is 0. The summed E-state index contributed by atoms with van der Waals surface area (Å²) < 4.78 is 0. The SMILES string of the molecule is Cl.Cl.NC(CNC(=O)C1CCCN(Cc2ccccc2)C1)C1CC1. The molecular weight excluding hydrogens is 345 g/mol. The number of benzene rings is 1. The van der Waals surface area contributed by atoms with Gasteiger partial charge in [0.1, 0.15) is 0 Å². The molecule has 1 amide bonds. The predicted molar refractivity (Wildman–Crippen MR) is 103 cm³/mol. The van der Waals surface area contributed by atoms with Crippen LogP contribution in [0.3, 0.4) is 0 Å². The zero-order valence-corrected chi connectivity index (χ0v) is 15.7. The van der Waals surface area contributed by atoms with Crippen LogP contribution in [0.2, 0.25) is 0 Å². The second-order valence-corrected chi connectivity index (χ2v) is 6.81. The van der Waals surface area contributed by atoms with Crippen molar-refractivity contribution in [1.82, 2.24) is 10.2 Å². The lowest BCUT2D eigenvalue weighted by Gasteiger charge is -2.32. The third kappa shape index (κ3) is 6.25. The van der Waals surface area contributed by atoms with Crippen LogP contribution < -0.4 is 11.1 Å². The normalized spacial score (nSPS) is 22.0. The number of hydrogen-bond acceptors (Lipinski definition) is 3. The van der Waals surface area contributed by atoms with Crippen LogP contribution in [0.4, 0.5) is 0 Å². The minimum absolute atomic E-state index is 0. The summed E-state index contributed by atoms with van der Waals surface area (Å²) in [5.41, 5.74) is 7.38. The first-order valence-corrected chi connectivity index (χ1v) is 8.52. The Bertz CT molecular complexity index is 496. The zero-order chi connectivity index (χ0) is 15.4. The lowest BCUT2D eigenvalue weighted by Crippen LogP contribution is -2.46. The number of nitrogens with zero attached hydrogens (tertiary/aromatic N) is 1. The van der Waals surface area contributed by atoms with Gasteiger partial charge in [-0.15, -0.1) is 24.8 Å². The number of carbonyl (C=O) groups is 1. The molecule has 1 aromatic rings. The highest BCUT2D eigenvalue weighted by Gasteiger charge is 2.30. The number of rotatable bonds is 6. The summed E-state index contributed by atoms with van der Waals surface area (Å²) >= 11 is 0. The van der Waals surface area contributed by atoms with Crippen LogP contribution in [0.5, 0.6) is 0 Å². The molecule has 6 heteroatoms. The van der Waals surface area contributed by atoms with E-state index >= 15 is 0 Å². The summed E-state index contributed by atoms with van der Waals surface area (Å²) in [5, 5.41) is 3.07. The van der Waals surface area contributed by atoms with Gasteiger partial charge in [0, 0.05) is 25.7 Å². The molecule has 1 saturated carbocycles. The summed E-state index contributed by atoms with van der Waals surface area (Å²) in [6.07, 6.45) is 4.55. The molecule has 2 unspecified atom stereocenters. The maximum Gasteiger partial charge on any atom is 0.224 e. The van der Waals surface area contributed by atoms with Crippen LogP contribution in [0.15, 0.2) is 30.3 Å². The van der Waals surface area contributed by atoms with Gasteiger partial charge in [-0.1, -0.05) is 30.3 Å². The van der Waals surface area contributed by atoms with Gasteiger partial charge in [-0.05, 0) is 43.7 Å². The number of piperidine rings is 1. The Labute approximate surface area is 157 Å². The van der Waals surface area contributed by atoms with E-state index in [-0.39, 0.29) is 42.7 Å². The first-order valence-electron chi connectivity index (χ1n) is 8.52. The molecule has 1 heterocycles. The number of nitrogens with one attached hydrogen (secondary N) is 1. The van der Waals surface area contributed by atoms with Gasteiger partial charge < -0.3 is 11.1 Å². The first kappa shape index (κ1) is 21.2. The Kier molecular flexibility index (Phi) is 9.06. The average molecular weight is 374 g/mol. The highest BCUT2D eigenvalue weighted by molar-refractivity contribution is 5.85. The fourth-order valence-electron chi connectivity index (χ4n) is 3.31. The third-order valence-corrected chi connectivity index (χ3v) is 4.86. The fourth-order valence-corrected chi connectivity index (χ4v) is 3.31. The molecule has 3 N–H and O–H groups in total. The molecule has 2 aliphatic rings. The first-order chi connectivity index (χ1) is 10.7. The zero-order valence-electron chi connectivity index (χ0n) is 14.0. The number of hydrogen-bond donors (Lipinski definition) is 2. The van der Waals surface area contributed by atoms with Crippen LogP contribution in [0, 0.1) is 11.8 Å². The largest absolute Gasteiger partial charge is 0.354 e. The Morgan fingerprint density at radius 3 is 2.58 bits per heavy atom. The smallest absolute Gasteiger partial charge is 0.224 e. The molecule has 1 aliphatic heterocycles. The fraction of sp³-hybridized carbons (Fsp3) is 0.611. The Hall–Kier alpha value is -0.810. The molecule has 0 aromatic heterocycles. The summed E-state index contributed by atoms with van der Waals surface area (Å²) in [4.78, 5) is 14.7. The molecule has 0 bridgehead atoms. The van der Waals surface area contributed by atoms with Gasteiger partial charge in [-0.3, -0.25) is 9.69 Å². The van der Waals surface area contributed by atoms with Gasteiger partial charge in [0.05, 0.1) is 5.92 Å². The van der Waals surface area contributed by atoms with E-state index in [1.807, 2.05) is 6.07 Å². The standard InChI is InChI=1S/C18H27N3O.2ClH/c19-17(15-8-9-15)11-20-18(22)16-7-4-10-21(13-16)12-14-5-2-1-3-6-14;;/h1-3,5-6,15-17H,4,7-13,19H2,(H,20,22);2*1H. The number of nitrogens with two attached hydrogens (primary N) is 1. The van der Waals surface area contributed by atoms with Crippen molar-refractivity contribution in [1.29, 1.82) is 0 Å². The second kappa shape index (κ2) is 10.2. The van der Waals surface area contributed by atoms with Crippen LogP contribution >= 0.6 is 24.8 Å². The Morgan fingerprint density at radius 2 is 1.92 bits per heavy atom. The van der Waals surface area contributed by atoms with Gasteiger partial charge in [0.15, 0.2) is 0 Å². The van der Waals surface area contributed by atoms with Crippen molar-refractivity contribution in [2.45, 2.75) is 38.3 Å². The van der Waals surface area contributed by atoms with E-state index in [2.05, 4.69) is 34.5 Å². The van der Waals surface area contributed by atoms with E-state index in [1.54, 1.807) is 0 Å². The molecule has 24 heavy (non-hydrogen) atoms. The van der Waals surface area contributed by atoms with Crippen LogP contribution in [0.1, 0.15) is 31.2 Å². The van der Waals surface area contributed by atoms with E-state index in [4.69, 9.17) is 5.73 Å². The van der Waals surface area contributed by atoms with Crippen molar-refractivity contribution < 1.29 is 4.79 Å². The van der Waals surface area contributed by atoms with E-state index in [0.29, 0.717) is 12.5 Å². The molecule has 1 aromatic carbocycles. The molecule has 136 valence electrons. The van der Waals surface area contributed by atoms with Gasteiger partial charge in [-0.2, -0.15) is 0 Å². The highest BCUT2D eigenvalue weighted by Crippen LogP contribution is 2.31. The summed E-state index contributed by atoms with van der Waals surface area (Å²) in [7, 11) is 0. The molecule has 1 aliphatic carbocycles. The molecule has 0 radical (unpaired) electrons. The Morgan fingerprint density at radius 1 is 1.21 bits per heavy atom. The van der Waals surface area contributed by atoms with Crippen LogP contribution in [-0.4, -0.2) is 36.5 Å². The summed E-state index contributed by atoms with van der Waals surface area (Å²) in [6.45, 7) is 3.52. The number of carbonyl (C=O) groups excluding carboxylic acids is 1. The van der Waals surface area contributed by atoms with Crippen molar-refractivity contribution in [3.05, 3.63) is 35.9 Å². The van der Waals surface area contributed by atoms with Crippen molar-refractivity contribution in [3.8, 4) is 0 Å². The summed E-state index contributed by atoms with van der Waals surface area (Å²) in [6, 6.07) is 10.6. The molecule has 2 fully saturated rings. The number of amides is 1. The molecule has 1 saturated heterocycles. The maximum absolute atomic E-state index is 12.4. The van der Waals surface area contributed by atoms with Gasteiger partial charge >= 0.3 is 0 Å². The molecule has 4 nitrogen and oxygen atoms in total. The van der Waals surface area contributed by atoms with Crippen LogP contribution in [0.25, 0.3) is 0 Å². The minimum Gasteiger partial charge on any atom is -0.354 e. The lowest BCUT2D eigenvalue weighted by molar-refractivity contribution is -0.126. The van der Waals surface area contributed by atoms with E-state index in [0.717, 1.165) is 32.5 Å². The van der Waals surface area contributed by atoms with Gasteiger partial charge in [0.2, 0.25) is 5.91 Å². The van der Waals surface area contributed by atoms with E-state index in [9.17, 15) is 4.79 Å². The topological polar surface area (TPSA) is 58.4 Å². The van der Waals surface area contributed by atoms with Crippen LogP contribution in [-0.2, 0) is 11.3 Å². The average Bonchev–Trinajstić information content (AvgIpc) is 3.38. The van der Waals surface area contributed by atoms with Gasteiger partial charge in [0.25, 0.3) is 0 Å². The monoisotopic (exact) mass is 373 g/mol. The quantitative estimate of drug-likeness (QED) is 0.805. The lowest BCUT2D eigenvalue weighted by atomic mass is 9.96. The number of halogens is 2. The van der Waals surface area contributed by atoms with Crippen molar-refractivity contribution in [2.75, 3.05) is 19.6 Å². The molecule has 0 spiro atoms. The van der Waals surface area contributed by atoms with Crippen molar-refractivity contribution in [2.24, 2.45) is 17.6 Å². The number of likely N-dealkylation sites (tertiary alicyclic amines) is 1. The van der Waals surface area contributed by atoms with E-state index in [1.165, 1.54) is 18.4 Å². The molecule has 3 rings (SSSR count). The second-order valence-electron chi connectivity index (χ2n) is 6.81. The Balaban J connectivity index is 0.00000144. The van der Waals surface area contributed by atoms with E-state index < -0.39 is 0 Å². The highest BCUT2D eigenvalue weighted by atomic mass is 35.5. The van der Waals surface area contributed by atoms with Gasteiger partial charge in [-0.25, -0.2) is 0 Å². The molecule has 2 atom stereocenters. The van der Waals surface area contributed by atoms with Crippen molar-refractivity contribution in [3.63, 3.8) is 0 Å².